The summed E-state index contributed by atoms with van der Waals surface area (Å²) in [5.74, 6) is 0.600. The molecule has 0 atom stereocenters. The molecular weight excluding hydrogens is 304 g/mol. The summed E-state index contributed by atoms with van der Waals surface area (Å²) in [5, 5.41) is -0.210. The van der Waals surface area contributed by atoms with Crippen molar-refractivity contribution < 1.29 is 19.1 Å². The number of aryl methyl sites for hydroxylation is 1. The highest BCUT2D eigenvalue weighted by Gasteiger charge is 2.43. The van der Waals surface area contributed by atoms with Crippen molar-refractivity contribution in [3.63, 3.8) is 0 Å². The van der Waals surface area contributed by atoms with Crippen molar-refractivity contribution in [1.29, 1.82) is 0 Å². The maximum Gasteiger partial charge on any atom is 0.289 e. The summed E-state index contributed by atoms with van der Waals surface area (Å²) in [4.78, 5) is 38.1. The third kappa shape index (κ3) is 2.81. The molecule has 0 spiro atoms. The average Bonchev–Trinajstić information content (AvgIpc) is 2.77. The number of nitrogens with zero attached hydrogens (tertiary/aromatic N) is 2. The summed E-state index contributed by atoms with van der Waals surface area (Å²) in [6.07, 6.45) is 0. The Morgan fingerprint density at radius 2 is 2.05 bits per heavy atom. The van der Waals surface area contributed by atoms with Gasteiger partial charge in [0.1, 0.15) is 5.75 Å². The van der Waals surface area contributed by atoms with E-state index in [1.54, 1.807) is 4.90 Å². The molecule has 22 heavy (non-hydrogen) atoms. The third-order valence-corrected chi connectivity index (χ3v) is 4.64. The first-order valence-corrected chi connectivity index (χ1v) is 8.00. The minimum atomic E-state index is -0.210. The fraction of sp³-hybridized carbons (Fsp3) is 0.400. The van der Waals surface area contributed by atoms with Gasteiger partial charge in [-0.3, -0.25) is 19.3 Å². The van der Waals surface area contributed by atoms with Gasteiger partial charge in [0.2, 0.25) is 5.91 Å². The van der Waals surface area contributed by atoms with E-state index in [-0.39, 0.29) is 35.5 Å². The lowest BCUT2D eigenvalue weighted by Gasteiger charge is -2.42. The number of para-hydroxylation sites is 1. The molecule has 0 saturated carbocycles. The van der Waals surface area contributed by atoms with Gasteiger partial charge in [0.15, 0.2) is 6.61 Å². The van der Waals surface area contributed by atoms with Gasteiger partial charge < -0.3 is 9.64 Å². The molecule has 7 heteroatoms. The first-order chi connectivity index (χ1) is 10.6. The minimum Gasteiger partial charge on any atom is -0.484 e. The Morgan fingerprint density at radius 3 is 2.68 bits per heavy atom. The molecule has 0 unspecified atom stereocenters. The summed E-state index contributed by atoms with van der Waals surface area (Å²) in [7, 11) is 0. The molecular formula is C15H16N2O4S. The number of hydrogen-bond acceptors (Lipinski definition) is 5. The molecule has 0 aromatic heterocycles. The standard InChI is InChI=1S/C15H16N2O4S/c1-10-4-2-3-5-12(10)21-8-13(18)16-6-11(7-16)17-14(19)9-22-15(17)20/h2-5,11H,6-9H2,1H3. The number of rotatable bonds is 4. The highest BCUT2D eigenvalue weighted by Crippen LogP contribution is 2.26. The number of thioether (sulfide) groups is 1. The zero-order valence-corrected chi connectivity index (χ0v) is 13.0. The van der Waals surface area contributed by atoms with Crippen LogP contribution in [0.2, 0.25) is 0 Å². The van der Waals surface area contributed by atoms with Crippen molar-refractivity contribution in [3.8, 4) is 5.75 Å². The largest absolute Gasteiger partial charge is 0.484 e. The average molecular weight is 320 g/mol. The second kappa shape index (κ2) is 6.00. The Bertz CT molecular complexity index is 612. The van der Waals surface area contributed by atoms with Gasteiger partial charge in [0.25, 0.3) is 11.1 Å². The first kappa shape index (κ1) is 14.9. The van der Waals surface area contributed by atoms with Gasteiger partial charge in [-0.25, -0.2) is 0 Å². The topological polar surface area (TPSA) is 66.9 Å². The van der Waals surface area contributed by atoms with Crippen LogP contribution in [0.5, 0.6) is 5.75 Å². The van der Waals surface area contributed by atoms with Gasteiger partial charge in [0.05, 0.1) is 11.8 Å². The lowest BCUT2D eigenvalue weighted by molar-refractivity contribution is -0.143. The van der Waals surface area contributed by atoms with Crippen LogP contribution in [0.1, 0.15) is 5.56 Å². The van der Waals surface area contributed by atoms with Crippen molar-refractivity contribution in [2.75, 3.05) is 25.4 Å². The van der Waals surface area contributed by atoms with Crippen LogP contribution < -0.4 is 4.74 Å². The van der Waals surface area contributed by atoms with E-state index in [0.29, 0.717) is 18.8 Å². The SMILES string of the molecule is Cc1ccccc1OCC(=O)N1CC(N2C(=O)CSC2=O)C1. The van der Waals surface area contributed by atoms with Crippen molar-refractivity contribution >= 4 is 28.8 Å². The quantitative estimate of drug-likeness (QED) is 0.836. The monoisotopic (exact) mass is 320 g/mol. The van der Waals surface area contributed by atoms with Crippen LogP contribution in [0, 0.1) is 6.92 Å². The van der Waals surface area contributed by atoms with Crippen LogP contribution in [0.4, 0.5) is 4.79 Å². The van der Waals surface area contributed by atoms with Crippen molar-refractivity contribution in [3.05, 3.63) is 29.8 Å². The number of ether oxygens (including phenoxy) is 1. The molecule has 2 saturated heterocycles. The number of likely N-dealkylation sites (tertiary alicyclic amines) is 1. The molecule has 2 aliphatic rings. The maximum absolute atomic E-state index is 12.0. The lowest BCUT2D eigenvalue weighted by atomic mass is 10.1. The summed E-state index contributed by atoms with van der Waals surface area (Å²) in [6.45, 7) is 2.68. The molecule has 2 aliphatic heterocycles. The van der Waals surface area contributed by atoms with Crippen LogP contribution in [0.3, 0.4) is 0 Å². The van der Waals surface area contributed by atoms with Crippen molar-refractivity contribution in [1.82, 2.24) is 9.80 Å². The second-order valence-electron chi connectivity index (χ2n) is 5.33. The van der Waals surface area contributed by atoms with Crippen LogP contribution in [0.15, 0.2) is 24.3 Å². The minimum absolute atomic E-state index is 0.0335. The van der Waals surface area contributed by atoms with Gasteiger partial charge in [-0.05, 0) is 18.6 Å². The number of carbonyl (C=O) groups excluding carboxylic acids is 3. The summed E-state index contributed by atoms with van der Waals surface area (Å²) in [6, 6.07) is 7.32. The van der Waals surface area contributed by atoms with Crippen LogP contribution in [-0.2, 0) is 9.59 Å². The number of hydrogen-bond donors (Lipinski definition) is 0. The smallest absolute Gasteiger partial charge is 0.289 e. The van der Waals surface area contributed by atoms with Gasteiger partial charge in [-0.2, -0.15) is 0 Å². The van der Waals surface area contributed by atoms with E-state index in [1.807, 2.05) is 31.2 Å². The van der Waals surface area contributed by atoms with E-state index in [0.717, 1.165) is 17.3 Å². The molecule has 0 radical (unpaired) electrons. The Morgan fingerprint density at radius 1 is 1.32 bits per heavy atom. The molecule has 3 rings (SSSR count). The van der Waals surface area contributed by atoms with Gasteiger partial charge in [-0.1, -0.05) is 30.0 Å². The van der Waals surface area contributed by atoms with Crippen LogP contribution in [0.25, 0.3) is 0 Å². The third-order valence-electron chi connectivity index (χ3n) is 3.81. The molecule has 1 aromatic carbocycles. The lowest BCUT2D eigenvalue weighted by Crippen LogP contribution is -2.62. The molecule has 1 aromatic rings. The highest BCUT2D eigenvalue weighted by molar-refractivity contribution is 8.14. The fourth-order valence-corrected chi connectivity index (χ4v) is 3.26. The summed E-state index contributed by atoms with van der Waals surface area (Å²) < 4.78 is 5.52. The number of imide groups is 1. The molecule has 2 fully saturated rings. The van der Waals surface area contributed by atoms with Crippen LogP contribution in [-0.4, -0.2) is 58.3 Å². The Labute approximate surface area is 132 Å². The summed E-state index contributed by atoms with van der Waals surface area (Å²) >= 11 is 1.02. The molecule has 0 N–H and O–H groups in total. The second-order valence-corrected chi connectivity index (χ2v) is 6.25. The molecule has 0 bridgehead atoms. The molecule has 0 aliphatic carbocycles. The normalized spacial score (nSPS) is 18.6. The predicted octanol–water partition coefficient (Wildman–Crippen LogP) is 1.28. The predicted molar refractivity (Wildman–Crippen MR) is 81.7 cm³/mol. The van der Waals surface area contributed by atoms with Gasteiger partial charge >= 0.3 is 0 Å². The fourth-order valence-electron chi connectivity index (χ4n) is 2.49. The zero-order valence-electron chi connectivity index (χ0n) is 12.2. The van der Waals surface area contributed by atoms with E-state index in [2.05, 4.69) is 0 Å². The zero-order chi connectivity index (χ0) is 15.7. The molecule has 116 valence electrons. The van der Waals surface area contributed by atoms with Gasteiger partial charge in [0, 0.05) is 13.1 Å². The van der Waals surface area contributed by atoms with E-state index in [4.69, 9.17) is 4.74 Å². The Balaban J connectivity index is 1.49. The number of benzene rings is 1. The van der Waals surface area contributed by atoms with E-state index in [9.17, 15) is 14.4 Å². The molecule has 2 heterocycles. The van der Waals surface area contributed by atoms with Crippen molar-refractivity contribution in [2.45, 2.75) is 13.0 Å². The first-order valence-electron chi connectivity index (χ1n) is 7.01. The number of amides is 3. The molecule has 3 amide bonds. The van der Waals surface area contributed by atoms with E-state index < -0.39 is 0 Å². The van der Waals surface area contributed by atoms with Gasteiger partial charge in [-0.15, -0.1) is 0 Å². The van der Waals surface area contributed by atoms with Crippen LogP contribution >= 0.6 is 11.8 Å². The van der Waals surface area contributed by atoms with E-state index in [1.165, 1.54) is 4.90 Å². The van der Waals surface area contributed by atoms with Crippen molar-refractivity contribution in [2.24, 2.45) is 0 Å². The summed E-state index contributed by atoms with van der Waals surface area (Å²) in [5.41, 5.74) is 0.974. The molecule has 6 nitrogen and oxygen atoms in total. The Hall–Kier alpha value is -2.02. The van der Waals surface area contributed by atoms with E-state index >= 15 is 0 Å². The highest BCUT2D eigenvalue weighted by atomic mass is 32.2. The Kier molecular flexibility index (Phi) is 4.06. The number of carbonyl (C=O) groups is 3. The maximum atomic E-state index is 12.0.